The number of anilines is 1. The minimum absolute atomic E-state index is 0.261. The average molecular weight is 329 g/mol. The van der Waals surface area contributed by atoms with Crippen LogP contribution in [0.1, 0.15) is 23.6 Å². The van der Waals surface area contributed by atoms with Crippen LogP contribution in [-0.2, 0) is 4.79 Å². The summed E-state index contributed by atoms with van der Waals surface area (Å²) < 4.78 is 5.60. The number of hydrogen-bond acceptors (Lipinski definition) is 3. The molecule has 0 saturated carbocycles. The number of benzene rings is 2. The van der Waals surface area contributed by atoms with Crippen molar-refractivity contribution in [3.63, 3.8) is 0 Å². The highest BCUT2D eigenvalue weighted by Gasteiger charge is 2.18. The number of nitriles is 1. The van der Waals surface area contributed by atoms with Gasteiger partial charge in [-0.3, -0.25) is 4.79 Å². The summed E-state index contributed by atoms with van der Waals surface area (Å²) in [5.74, 6) is 0.109. The fourth-order valence-corrected chi connectivity index (χ4v) is 2.37. The molecule has 1 atom stereocenters. The van der Waals surface area contributed by atoms with Crippen molar-refractivity contribution in [1.82, 2.24) is 0 Å². The van der Waals surface area contributed by atoms with Crippen molar-refractivity contribution in [2.24, 2.45) is 0 Å². The van der Waals surface area contributed by atoms with E-state index >= 15 is 0 Å². The number of nitrogens with one attached hydrogen (secondary N) is 1. The molecular weight excluding hydrogens is 312 g/mol. The highest BCUT2D eigenvalue weighted by Crippen LogP contribution is 2.27. The molecule has 23 heavy (non-hydrogen) atoms. The summed E-state index contributed by atoms with van der Waals surface area (Å²) >= 11 is 6.06. The summed E-state index contributed by atoms with van der Waals surface area (Å²) in [6.07, 6.45) is -0.723. The second kappa shape index (κ2) is 7.17. The van der Waals surface area contributed by atoms with Crippen LogP contribution in [-0.4, -0.2) is 12.0 Å². The van der Waals surface area contributed by atoms with Crippen molar-refractivity contribution >= 4 is 23.2 Å². The molecule has 2 aromatic carbocycles. The van der Waals surface area contributed by atoms with Crippen LogP contribution in [0.15, 0.2) is 36.4 Å². The van der Waals surface area contributed by atoms with Crippen LogP contribution in [0.4, 0.5) is 5.69 Å². The maximum Gasteiger partial charge on any atom is 0.265 e. The van der Waals surface area contributed by atoms with E-state index in [0.29, 0.717) is 16.3 Å². The molecule has 0 bridgehead atoms. The number of hydrogen-bond donors (Lipinski definition) is 1. The number of carbonyl (C=O) groups excluding carboxylic acids is 1. The lowest BCUT2D eigenvalue weighted by atomic mass is 10.1. The summed E-state index contributed by atoms with van der Waals surface area (Å²) in [5.41, 5.74) is 3.21. The summed E-state index contributed by atoms with van der Waals surface area (Å²) in [6.45, 7) is 5.52. The Morgan fingerprint density at radius 1 is 1.26 bits per heavy atom. The Bertz CT molecular complexity index is 761. The molecule has 0 saturated heterocycles. The number of aryl methyl sites for hydroxylation is 2. The van der Waals surface area contributed by atoms with Gasteiger partial charge in [-0.05, 0) is 50.1 Å². The lowest BCUT2D eigenvalue weighted by Crippen LogP contribution is -2.30. The smallest absolute Gasteiger partial charge is 0.265 e. The lowest BCUT2D eigenvalue weighted by molar-refractivity contribution is -0.122. The van der Waals surface area contributed by atoms with Gasteiger partial charge in [-0.15, -0.1) is 0 Å². The van der Waals surface area contributed by atoms with Crippen molar-refractivity contribution in [2.75, 3.05) is 5.32 Å². The molecular formula is C18H17ClN2O2. The van der Waals surface area contributed by atoms with E-state index in [1.165, 1.54) is 6.07 Å². The molecule has 118 valence electrons. The van der Waals surface area contributed by atoms with E-state index < -0.39 is 6.10 Å². The molecule has 0 aliphatic heterocycles. The highest BCUT2D eigenvalue weighted by molar-refractivity contribution is 6.32. The van der Waals surface area contributed by atoms with Crippen LogP contribution >= 0.6 is 11.6 Å². The molecule has 0 radical (unpaired) electrons. The van der Waals surface area contributed by atoms with Crippen LogP contribution in [0.25, 0.3) is 0 Å². The fraction of sp³-hybridized carbons (Fsp3) is 0.222. The van der Waals surface area contributed by atoms with E-state index in [9.17, 15) is 4.79 Å². The van der Waals surface area contributed by atoms with Gasteiger partial charge in [0, 0.05) is 5.69 Å². The largest absolute Gasteiger partial charge is 0.479 e. The van der Waals surface area contributed by atoms with Gasteiger partial charge < -0.3 is 10.1 Å². The van der Waals surface area contributed by atoms with Gasteiger partial charge >= 0.3 is 0 Å². The number of para-hydroxylation sites is 1. The lowest BCUT2D eigenvalue weighted by Gasteiger charge is -2.17. The third-order valence-corrected chi connectivity index (χ3v) is 3.76. The van der Waals surface area contributed by atoms with Crippen molar-refractivity contribution in [1.29, 1.82) is 5.26 Å². The quantitative estimate of drug-likeness (QED) is 0.913. The Balaban J connectivity index is 2.10. The van der Waals surface area contributed by atoms with E-state index in [4.69, 9.17) is 21.6 Å². The summed E-state index contributed by atoms with van der Waals surface area (Å²) in [6, 6.07) is 12.5. The van der Waals surface area contributed by atoms with E-state index in [0.717, 1.165) is 16.8 Å². The number of halogens is 1. The minimum Gasteiger partial charge on any atom is -0.479 e. The van der Waals surface area contributed by atoms with E-state index in [-0.39, 0.29) is 5.91 Å². The second-order valence-corrected chi connectivity index (χ2v) is 5.68. The van der Waals surface area contributed by atoms with Gasteiger partial charge in [0.25, 0.3) is 5.91 Å². The molecule has 1 N–H and O–H groups in total. The molecule has 0 aromatic heterocycles. The monoisotopic (exact) mass is 328 g/mol. The molecule has 2 aromatic rings. The summed E-state index contributed by atoms with van der Waals surface area (Å²) in [7, 11) is 0. The summed E-state index contributed by atoms with van der Waals surface area (Å²) in [5, 5.41) is 12.0. The van der Waals surface area contributed by atoms with Gasteiger partial charge in [-0.25, -0.2) is 0 Å². The van der Waals surface area contributed by atoms with Crippen molar-refractivity contribution in [2.45, 2.75) is 26.9 Å². The zero-order valence-electron chi connectivity index (χ0n) is 13.2. The normalized spacial score (nSPS) is 11.4. The SMILES string of the molecule is Cc1cccc(C)c1NC(=O)[C@@H](C)Oc1ccc(C#N)cc1Cl. The first kappa shape index (κ1) is 16.9. The van der Waals surface area contributed by atoms with Gasteiger partial charge in [-0.1, -0.05) is 29.8 Å². The molecule has 2 rings (SSSR count). The van der Waals surface area contributed by atoms with E-state index in [1.54, 1.807) is 19.1 Å². The third-order valence-electron chi connectivity index (χ3n) is 3.46. The molecule has 0 aliphatic rings. The number of nitrogens with zero attached hydrogens (tertiary/aromatic N) is 1. The van der Waals surface area contributed by atoms with Gasteiger partial charge in [0.1, 0.15) is 5.75 Å². The van der Waals surface area contributed by atoms with Gasteiger partial charge in [0.05, 0.1) is 16.7 Å². The maximum absolute atomic E-state index is 12.3. The highest BCUT2D eigenvalue weighted by atomic mass is 35.5. The van der Waals surface area contributed by atoms with E-state index in [2.05, 4.69) is 5.32 Å². The van der Waals surface area contributed by atoms with Crippen LogP contribution in [0.5, 0.6) is 5.75 Å². The number of rotatable bonds is 4. The standard InChI is InChI=1S/C18H17ClN2O2/c1-11-5-4-6-12(2)17(11)21-18(22)13(3)23-16-8-7-14(10-20)9-15(16)19/h4-9,13H,1-3H3,(H,21,22)/t13-/m1/s1. The minimum atomic E-state index is -0.723. The average Bonchev–Trinajstić information content (AvgIpc) is 2.52. The van der Waals surface area contributed by atoms with Gasteiger partial charge in [0.2, 0.25) is 0 Å². The van der Waals surface area contributed by atoms with Crippen molar-refractivity contribution < 1.29 is 9.53 Å². The van der Waals surface area contributed by atoms with Crippen molar-refractivity contribution in [3.8, 4) is 11.8 Å². The Labute approximate surface area is 140 Å². The summed E-state index contributed by atoms with van der Waals surface area (Å²) in [4.78, 5) is 12.3. The van der Waals surface area contributed by atoms with Crippen LogP contribution in [0, 0.1) is 25.2 Å². The molecule has 0 spiro atoms. The maximum atomic E-state index is 12.3. The Kier molecular flexibility index (Phi) is 5.25. The van der Waals surface area contributed by atoms with E-state index in [1.807, 2.05) is 38.1 Å². The van der Waals surface area contributed by atoms with Gasteiger partial charge in [-0.2, -0.15) is 5.26 Å². The Morgan fingerprint density at radius 3 is 2.48 bits per heavy atom. The molecule has 1 amide bonds. The molecule has 4 nitrogen and oxygen atoms in total. The zero-order chi connectivity index (χ0) is 17.0. The first-order valence-corrected chi connectivity index (χ1v) is 7.53. The number of amides is 1. The molecule has 0 aliphatic carbocycles. The molecule has 0 heterocycles. The number of carbonyl (C=O) groups is 1. The predicted octanol–water partition coefficient (Wildman–Crippen LogP) is 4.23. The van der Waals surface area contributed by atoms with Crippen LogP contribution in [0.2, 0.25) is 5.02 Å². The molecule has 5 heteroatoms. The zero-order valence-corrected chi connectivity index (χ0v) is 13.9. The van der Waals surface area contributed by atoms with Crippen LogP contribution < -0.4 is 10.1 Å². The predicted molar refractivity (Wildman–Crippen MR) is 90.8 cm³/mol. The Hall–Kier alpha value is -2.51. The second-order valence-electron chi connectivity index (χ2n) is 5.27. The van der Waals surface area contributed by atoms with Gasteiger partial charge in [0.15, 0.2) is 6.10 Å². The van der Waals surface area contributed by atoms with Crippen LogP contribution in [0.3, 0.4) is 0 Å². The molecule has 0 unspecified atom stereocenters. The fourth-order valence-electron chi connectivity index (χ4n) is 2.15. The van der Waals surface area contributed by atoms with Crippen molar-refractivity contribution in [3.05, 3.63) is 58.1 Å². The first-order chi connectivity index (χ1) is 10.9. The Morgan fingerprint density at radius 2 is 1.91 bits per heavy atom. The topological polar surface area (TPSA) is 62.1 Å². The number of ether oxygens (including phenoxy) is 1. The third kappa shape index (κ3) is 4.02. The first-order valence-electron chi connectivity index (χ1n) is 7.15. The molecule has 0 fully saturated rings.